The van der Waals surface area contributed by atoms with Crippen molar-refractivity contribution in [3.05, 3.63) is 65.7 Å². The van der Waals surface area contributed by atoms with E-state index in [1.165, 1.54) is 11.1 Å². The molecule has 1 aliphatic rings. The van der Waals surface area contributed by atoms with Gasteiger partial charge in [-0.15, -0.1) is 0 Å². The fraction of sp³-hybridized carbons (Fsp3) is 0.458. The first-order valence-corrected chi connectivity index (χ1v) is 10.4. The lowest BCUT2D eigenvalue weighted by Gasteiger charge is -2.32. The van der Waals surface area contributed by atoms with Crippen molar-refractivity contribution in [3.8, 4) is 5.75 Å². The SMILES string of the molecule is O=C(O)C1CCCCN1CCCc1ccc(OCCCc2ccccc2)cc1. The number of piperidine rings is 1. The van der Waals surface area contributed by atoms with E-state index in [2.05, 4.69) is 41.3 Å². The number of carboxylic acid groups (broad SMARTS) is 1. The highest BCUT2D eigenvalue weighted by molar-refractivity contribution is 5.73. The van der Waals surface area contributed by atoms with E-state index in [1.54, 1.807) is 0 Å². The molecule has 1 unspecified atom stereocenters. The summed E-state index contributed by atoms with van der Waals surface area (Å²) in [5.74, 6) is 0.243. The van der Waals surface area contributed by atoms with Gasteiger partial charge in [-0.25, -0.2) is 0 Å². The standard InChI is InChI=1S/C24H31NO3/c26-24(27)23-12-4-5-17-25(23)18-6-10-21-13-15-22(16-14-21)28-19-7-11-20-8-2-1-3-9-20/h1-3,8-9,13-16,23H,4-7,10-12,17-19H2,(H,26,27). The summed E-state index contributed by atoms with van der Waals surface area (Å²) in [6.07, 6.45) is 6.92. The van der Waals surface area contributed by atoms with Crippen LogP contribution in [0.5, 0.6) is 5.75 Å². The molecule has 0 bridgehead atoms. The number of ether oxygens (including phenoxy) is 1. The Bertz CT molecular complexity index is 714. The maximum atomic E-state index is 11.4. The van der Waals surface area contributed by atoms with Crippen LogP contribution in [-0.2, 0) is 17.6 Å². The predicted octanol–water partition coefficient (Wildman–Crippen LogP) is 4.57. The molecule has 0 spiro atoms. The van der Waals surface area contributed by atoms with E-state index >= 15 is 0 Å². The molecule has 4 nitrogen and oxygen atoms in total. The Morgan fingerprint density at radius 2 is 1.68 bits per heavy atom. The molecule has 28 heavy (non-hydrogen) atoms. The van der Waals surface area contributed by atoms with Gasteiger partial charge in [0.2, 0.25) is 0 Å². The lowest BCUT2D eigenvalue weighted by molar-refractivity contribution is -0.144. The van der Waals surface area contributed by atoms with Gasteiger partial charge in [-0.1, -0.05) is 48.9 Å². The van der Waals surface area contributed by atoms with Crippen LogP contribution in [0.25, 0.3) is 0 Å². The van der Waals surface area contributed by atoms with Crippen molar-refractivity contribution in [1.82, 2.24) is 4.90 Å². The average molecular weight is 382 g/mol. The van der Waals surface area contributed by atoms with Crippen LogP contribution in [0.3, 0.4) is 0 Å². The number of hydrogen-bond acceptors (Lipinski definition) is 3. The van der Waals surface area contributed by atoms with Crippen molar-refractivity contribution in [1.29, 1.82) is 0 Å². The molecule has 1 saturated heterocycles. The second-order valence-electron chi connectivity index (χ2n) is 7.57. The highest BCUT2D eigenvalue weighted by Gasteiger charge is 2.27. The summed E-state index contributed by atoms with van der Waals surface area (Å²) in [6, 6.07) is 18.5. The van der Waals surface area contributed by atoms with E-state index in [9.17, 15) is 9.90 Å². The fourth-order valence-corrected chi connectivity index (χ4v) is 3.89. The highest BCUT2D eigenvalue weighted by Crippen LogP contribution is 2.19. The molecule has 1 aliphatic heterocycles. The van der Waals surface area contributed by atoms with Gasteiger partial charge in [0.05, 0.1) is 6.61 Å². The van der Waals surface area contributed by atoms with Gasteiger partial charge in [-0.3, -0.25) is 9.69 Å². The summed E-state index contributed by atoms with van der Waals surface area (Å²) in [5, 5.41) is 9.35. The van der Waals surface area contributed by atoms with Gasteiger partial charge in [0.25, 0.3) is 0 Å². The molecular weight excluding hydrogens is 350 g/mol. The number of likely N-dealkylation sites (tertiary alicyclic amines) is 1. The molecule has 0 aromatic heterocycles. The van der Waals surface area contributed by atoms with E-state index in [0.29, 0.717) is 0 Å². The van der Waals surface area contributed by atoms with Crippen LogP contribution < -0.4 is 4.74 Å². The maximum Gasteiger partial charge on any atom is 0.320 e. The number of carbonyl (C=O) groups is 1. The molecule has 0 saturated carbocycles. The number of hydrogen-bond donors (Lipinski definition) is 1. The lowest BCUT2D eigenvalue weighted by atomic mass is 10.0. The molecule has 1 atom stereocenters. The van der Waals surface area contributed by atoms with Crippen molar-refractivity contribution < 1.29 is 14.6 Å². The summed E-state index contributed by atoms with van der Waals surface area (Å²) in [5.41, 5.74) is 2.63. The summed E-state index contributed by atoms with van der Waals surface area (Å²) in [4.78, 5) is 13.5. The minimum Gasteiger partial charge on any atom is -0.494 e. The van der Waals surface area contributed by atoms with Crippen LogP contribution in [0.1, 0.15) is 43.2 Å². The quantitative estimate of drug-likeness (QED) is 0.613. The summed E-state index contributed by atoms with van der Waals surface area (Å²) < 4.78 is 5.85. The van der Waals surface area contributed by atoms with Gasteiger partial charge in [-0.2, -0.15) is 0 Å². The van der Waals surface area contributed by atoms with Gasteiger partial charge < -0.3 is 9.84 Å². The minimum absolute atomic E-state index is 0.291. The van der Waals surface area contributed by atoms with Crippen molar-refractivity contribution in [2.45, 2.75) is 51.0 Å². The highest BCUT2D eigenvalue weighted by atomic mass is 16.5. The number of nitrogens with zero attached hydrogens (tertiary/aromatic N) is 1. The van der Waals surface area contributed by atoms with Gasteiger partial charge >= 0.3 is 5.97 Å². The van der Waals surface area contributed by atoms with Crippen molar-refractivity contribution in [2.24, 2.45) is 0 Å². The molecule has 2 aromatic rings. The van der Waals surface area contributed by atoms with Gasteiger partial charge in [0.1, 0.15) is 11.8 Å². The van der Waals surface area contributed by atoms with Gasteiger partial charge in [-0.05, 0) is 74.9 Å². The van der Waals surface area contributed by atoms with Crippen LogP contribution in [-0.4, -0.2) is 41.7 Å². The first-order chi connectivity index (χ1) is 13.7. The monoisotopic (exact) mass is 381 g/mol. The number of carboxylic acids is 1. The van der Waals surface area contributed by atoms with Crippen molar-refractivity contribution >= 4 is 5.97 Å². The van der Waals surface area contributed by atoms with Crippen LogP contribution in [0.2, 0.25) is 0 Å². The summed E-state index contributed by atoms with van der Waals surface area (Å²) in [7, 11) is 0. The summed E-state index contributed by atoms with van der Waals surface area (Å²) >= 11 is 0. The van der Waals surface area contributed by atoms with Gasteiger partial charge in [0.15, 0.2) is 0 Å². The molecule has 4 heteroatoms. The Morgan fingerprint density at radius 1 is 0.964 bits per heavy atom. The third kappa shape index (κ3) is 6.38. The molecule has 150 valence electrons. The number of benzene rings is 2. The average Bonchev–Trinajstić information content (AvgIpc) is 2.73. The topological polar surface area (TPSA) is 49.8 Å². The molecule has 1 fully saturated rings. The number of aryl methyl sites for hydroxylation is 2. The Labute approximate surface area is 168 Å². The number of aliphatic carboxylic acids is 1. The smallest absolute Gasteiger partial charge is 0.320 e. The largest absolute Gasteiger partial charge is 0.494 e. The Hall–Kier alpha value is -2.33. The zero-order valence-corrected chi connectivity index (χ0v) is 16.6. The fourth-order valence-electron chi connectivity index (χ4n) is 3.89. The molecule has 1 N–H and O–H groups in total. The molecule has 0 aliphatic carbocycles. The van der Waals surface area contributed by atoms with Gasteiger partial charge in [0, 0.05) is 0 Å². The Kier molecular flexibility index (Phi) is 7.92. The maximum absolute atomic E-state index is 11.4. The van der Waals surface area contributed by atoms with E-state index in [4.69, 9.17) is 4.74 Å². The van der Waals surface area contributed by atoms with E-state index in [-0.39, 0.29) is 6.04 Å². The Balaban J connectivity index is 1.35. The van der Waals surface area contributed by atoms with Crippen LogP contribution in [0.4, 0.5) is 0 Å². The van der Waals surface area contributed by atoms with E-state index in [1.807, 2.05) is 18.2 Å². The van der Waals surface area contributed by atoms with Crippen LogP contribution >= 0.6 is 0 Å². The molecule has 1 heterocycles. The normalized spacial score (nSPS) is 17.4. The van der Waals surface area contributed by atoms with Crippen molar-refractivity contribution in [3.63, 3.8) is 0 Å². The zero-order valence-electron chi connectivity index (χ0n) is 16.6. The minimum atomic E-state index is -0.673. The molecule has 3 rings (SSSR count). The summed E-state index contributed by atoms with van der Waals surface area (Å²) in [6.45, 7) is 2.49. The predicted molar refractivity (Wildman–Crippen MR) is 112 cm³/mol. The van der Waals surface area contributed by atoms with Crippen LogP contribution in [0.15, 0.2) is 54.6 Å². The zero-order chi connectivity index (χ0) is 19.6. The number of rotatable bonds is 10. The second kappa shape index (κ2) is 10.9. The second-order valence-corrected chi connectivity index (χ2v) is 7.57. The van der Waals surface area contributed by atoms with Crippen LogP contribution in [0, 0.1) is 0 Å². The first-order valence-electron chi connectivity index (χ1n) is 10.4. The Morgan fingerprint density at radius 3 is 2.43 bits per heavy atom. The molecule has 0 amide bonds. The molecular formula is C24H31NO3. The third-order valence-electron chi connectivity index (χ3n) is 5.45. The molecule has 2 aromatic carbocycles. The van der Waals surface area contributed by atoms with E-state index < -0.39 is 5.97 Å². The third-order valence-corrected chi connectivity index (χ3v) is 5.45. The van der Waals surface area contributed by atoms with Crippen molar-refractivity contribution in [2.75, 3.05) is 19.7 Å². The lowest BCUT2D eigenvalue weighted by Crippen LogP contribution is -2.45. The first kappa shape index (κ1) is 20.4. The molecule has 0 radical (unpaired) electrons. The van der Waals surface area contributed by atoms with E-state index in [0.717, 1.165) is 70.4 Å².